The fraction of sp³-hybridized carbons (Fsp3) is 0.375. The molecule has 0 spiro atoms. The third-order valence-electron chi connectivity index (χ3n) is 6.31. The number of hydrogen-bond acceptors (Lipinski definition) is 1. The van der Waals surface area contributed by atoms with Gasteiger partial charge in [-0.15, -0.1) is 0 Å². The molecule has 1 aliphatic rings. The van der Waals surface area contributed by atoms with Crippen molar-refractivity contribution >= 4 is 10.9 Å². The summed E-state index contributed by atoms with van der Waals surface area (Å²) in [6, 6.07) is 17.0. The van der Waals surface area contributed by atoms with Crippen LogP contribution in [0, 0.1) is 6.92 Å². The summed E-state index contributed by atoms with van der Waals surface area (Å²) >= 11 is 0. The first kappa shape index (κ1) is 18.9. The van der Waals surface area contributed by atoms with E-state index in [1.165, 1.54) is 30.8 Å². The number of benzene rings is 2. The van der Waals surface area contributed by atoms with E-state index in [4.69, 9.17) is 0 Å². The molecule has 3 N–H and O–H groups in total. The van der Waals surface area contributed by atoms with Gasteiger partial charge >= 0.3 is 0 Å². The monoisotopic (exact) mass is 377 g/mol. The Balaban J connectivity index is 1.78. The number of likely N-dealkylation sites (tertiary alicyclic amines) is 1. The average molecular weight is 378 g/mol. The van der Waals surface area contributed by atoms with Crippen molar-refractivity contribution in [3.05, 3.63) is 69.9 Å². The predicted octanol–water partition coefficient (Wildman–Crippen LogP) is 1.20. The molecule has 1 aromatic heterocycles. The topological polar surface area (TPSA) is 41.7 Å². The van der Waals surface area contributed by atoms with E-state index in [0.29, 0.717) is 6.04 Å². The number of quaternary nitrogens is 2. The largest absolute Gasteiger partial charge is 0.354 e. The summed E-state index contributed by atoms with van der Waals surface area (Å²) in [4.78, 5) is 20.2. The Kier molecular flexibility index (Phi) is 5.33. The molecule has 0 saturated carbocycles. The number of aromatic nitrogens is 1. The van der Waals surface area contributed by atoms with Gasteiger partial charge in [0.1, 0.15) is 6.54 Å². The summed E-state index contributed by atoms with van der Waals surface area (Å²) in [5.41, 5.74) is 5.17. The van der Waals surface area contributed by atoms with Gasteiger partial charge in [-0.2, -0.15) is 0 Å². The highest BCUT2D eigenvalue weighted by Gasteiger charge is 2.28. The molecule has 28 heavy (non-hydrogen) atoms. The molecular weight excluding hydrogens is 346 g/mol. The van der Waals surface area contributed by atoms with Crippen LogP contribution in [0.2, 0.25) is 0 Å². The number of nitrogens with one attached hydrogen (secondary N) is 3. The highest BCUT2D eigenvalue weighted by atomic mass is 16.1. The van der Waals surface area contributed by atoms with Gasteiger partial charge in [0.25, 0.3) is 0 Å². The SMILES string of the molecule is Cc1ccc2[nH]c(-c3ccccc3)c(C[NH+](C)C3CC[NH+](C)CC3)c(=O)c2c1. The molecule has 1 saturated heterocycles. The van der Waals surface area contributed by atoms with Crippen molar-refractivity contribution in [1.82, 2.24) is 4.98 Å². The first-order valence-electron chi connectivity index (χ1n) is 10.4. The maximum atomic E-state index is 13.5. The molecule has 0 aliphatic carbocycles. The van der Waals surface area contributed by atoms with Gasteiger partial charge in [-0.1, -0.05) is 42.0 Å². The van der Waals surface area contributed by atoms with Gasteiger partial charge in [-0.25, -0.2) is 0 Å². The Morgan fingerprint density at radius 2 is 1.82 bits per heavy atom. The van der Waals surface area contributed by atoms with E-state index in [1.807, 2.05) is 37.3 Å². The Morgan fingerprint density at radius 3 is 2.54 bits per heavy atom. The molecule has 4 heteroatoms. The molecule has 2 heterocycles. The Morgan fingerprint density at radius 1 is 1.11 bits per heavy atom. The standard InChI is InChI=1S/C24H29N3O/c1-17-9-10-22-20(15-17)24(28)21(23(25-22)18-7-5-4-6-8-18)16-27(3)19-11-13-26(2)14-12-19/h4-10,15,19H,11-14,16H2,1-3H3,(H,25,28)/p+2. The molecule has 1 unspecified atom stereocenters. The van der Waals surface area contributed by atoms with Gasteiger partial charge in [0.05, 0.1) is 44.5 Å². The van der Waals surface area contributed by atoms with E-state index in [2.05, 4.69) is 37.3 Å². The van der Waals surface area contributed by atoms with Crippen molar-refractivity contribution in [3.8, 4) is 11.3 Å². The molecule has 4 rings (SSSR count). The number of aryl methyl sites for hydroxylation is 1. The molecule has 1 aliphatic heterocycles. The second-order valence-electron chi connectivity index (χ2n) is 8.48. The molecule has 0 bridgehead atoms. The summed E-state index contributed by atoms with van der Waals surface area (Å²) in [6.45, 7) is 5.25. The average Bonchev–Trinajstić information content (AvgIpc) is 2.71. The van der Waals surface area contributed by atoms with Crippen LogP contribution in [0.3, 0.4) is 0 Å². The number of aromatic amines is 1. The lowest BCUT2D eigenvalue weighted by atomic mass is 9.99. The summed E-state index contributed by atoms with van der Waals surface area (Å²) in [6.07, 6.45) is 2.45. The van der Waals surface area contributed by atoms with Gasteiger partial charge in [-0.3, -0.25) is 4.79 Å². The summed E-state index contributed by atoms with van der Waals surface area (Å²) < 4.78 is 0. The zero-order valence-corrected chi connectivity index (χ0v) is 17.1. The molecular formula is C24H31N3O+2. The second-order valence-corrected chi connectivity index (χ2v) is 8.48. The molecule has 0 amide bonds. The van der Waals surface area contributed by atoms with Crippen molar-refractivity contribution in [2.24, 2.45) is 0 Å². The number of fused-ring (bicyclic) bond motifs is 1. The van der Waals surface area contributed by atoms with Crippen LogP contribution in [0.1, 0.15) is 24.0 Å². The fourth-order valence-corrected chi connectivity index (χ4v) is 4.49. The summed E-state index contributed by atoms with van der Waals surface area (Å²) in [5, 5.41) is 0.801. The number of pyridine rings is 1. The van der Waals surface area contributed by atoms with Crippen LogP contribution >= 0.6 is 0 Å². The Labute approximate surface area is 166 Å². The first-order chi connectivity index (χ1) is 13.5. The normalized spacial score (nSPS) is 21.0. The molecule has 1 fully saturated rings. The zero-order chi connectivity index (χ0) is 19.7. The van der Waals surface area contributed by atoms with E-state index in [1.54, 1.807) is 4.90 Å². The number of hydrogen-bond donors (Lipinski definition) is 3. The van der Waals surface area contributed by atoms with Crippen LogP contribution < -0.4 is 15.2 Å². The van der Waals surface area contributed by atoms with Crippen molar-refractivity contribution < 1.29 is 9.80 Å². The maximum absolute atomic E-state index is 13.5. The molecule has 0 radical (unpaired) electrons. The minimum atomic E-state index is 0.175. The van der Waals surface area contributed by atoms with E-state index in [9.17, 15) is 4.79 Å². The first-order valence-corrected chi connectivity index (χ1v) is 10.4. The fourth-order valence-electron chi connectivity index (χ4n) is 4.49. The van der Waals surface area contributed by atoms with Gasteiger partial charge in [0.15, 0.2) is 5.43 Å². The lowest BCUT2D eigenvalue weighted by molar-refractivity contribution is -0.948. The van der Waals surface area contributed by atoms with Gasteiger partial charge in [0, 0.05) is 23.7 Å². The third kappa shape index (κ3) is 3.75. The van der Waals surface area contributed by atoms with Crippen molar-refractivity contribution in [2.45, 2.75) is 32.4 Å². The van der Waals surface area contributed by atoms with Crippen molar-refractivity contribution in [2.75, 3.05) is 27.2 Å². The lowest BCUT2D eigenvalue weighted by Gasteiger charge is -2.31. The van der Waals surface area contributed by atoms with Gasteiger partial charge < -0.3 is 14.8 Å². The summed E-state index contributed by atoms with van der Waals surface area (Å²) in [7, 11) is 4.52. The smallest absolute Gasteiger partial charge is 0.198 e. The zero-order valence-electron chi connectivity index (χ0n) is 17.1. The number of H-pyrrole nitrogens is 1. The molecule has 2 aromatic carbocycles. The van der Waals surface area contributed by atoms with Crippen LogP contribution in [-0.2, 0) is 6.54 Å². The maximum Gasteiger partial charge on any atom is 0.198 e. The van der Waals surface area contributed by atoms with Crippen LogP contribution in [0.25, 0.3) is 22.2 Å². The van der Waals surface area contributed by atoms with E-state index >= 15 is 0 Å². The van der Waals surface area contributed by atoms with E-state index in [-0.39, 0.29) is 5.43 Å². The van der Waals surface area contributed by atoms with Crippen LogP contribution in [-0.4, -0.2) is 38.2 Å². The van der Waals surface area contributed by atoms with E-state index < -0.39 is 0 Å². The Bertz CT molecular complexity index is 1020. The van der Waals surface area contributed by atoms with Crippen LogP contribution in [0.5, 0.6) is 0 Å². The minimum Gasteiger partial charge on any atom is -0.354 e. The minimum absolute atomic E-state index is 0.175. The Hall–Kier alpha value is -2.43. The number of rotatable bonds is 4. The predicted molar refractivity (Wildman–Crippen MR) is 115 cm³/mol. The highest BCUT2D eigenvalue weighted by molar-refractivity contribution is 5.83. The highest BCUT2D eigenvalue weighted by Crippen LogP contribution is 2.22. The van der Waals surface area contributed by atoms with Gasteiger partial charge in [-0.05, 0) is 24.6 Å². The second kappa shape index (κ2) is 7.90. The third-order valence-corrected chi connectivity index (χ3v) is 6.31. The van der Waals surface area contributed by atoms with Crippen LogP contribution in [0.15, 0.2) is 53.3 Å². The van der Waals surface area contributed by atoms with Gasteiger partial charge in [0.2, 0.25) is 0 Å². The van der Waals surface area contributed by atoms with Crippen molar-refractivity contribution in [3.63, 3.8) is 0 Å². The molecule has 1 atom stereocenters. The number of piperidine rings is 1. The molecule has 4 nitrogen and oxygen atoms in total. The molecule has 146 valence electrons. The van der Waals surface area contributed by atoms with Crippen molar-refractivity contribution in [1.29, 1.82) is 0 Å². The quantitative estimate of drug-likeness (QED) is 0.628. The van der Waals surface area contributed by atoms with Crippen LogP contribution in [0.4, 0.5) is 0 Å². The molecule has 3 aromatic rings. The summed E-state index contributed by atoms with van der Waals surface area (Å²) in [5.74, 6) is 0. The van der Waals surface area contributed by atoms with E-state index in [0.717, 1.165) is 39.8 Å². The lowest BCUT2D eigenvalue weighted by Crippen LogP contribution is -3.17.